The summed E-state index contributed by atoms with van der Waals surface area (Å²) in [4.78, 5) is 0. The Labute approximate surface area is 134 Å². The Hall–Kier alpha value is -1.26. The molecule has 2 N–H and O–H groups in total. The first-order valence-electron chi connectivity index (χ1n) is 7.98. The maximum absolute atomic E-state index is 9.83. The van der Waals surface area contributed by atoms with Crippen LogP contribution in [0.5, 0.6) is 5.75 Å². The lowest BCUT2D eigenvalue weighted by Gasteiger charge is -2.42. The Morgan fingerprint density at radius 1 is 1.14 bits per heavy atom. The number of nitrogens with one attached hydrogen (secondary N) is 1. The molecular weight excluding hydrogens is 278 g/mol. The van der Waals surface area contributed by atoms with E-state index in [9.17, 15) is 5.11 Å². The van der Waals surface area contributed by atoms with E-state index in [2.05, 4.69) is 26.1 Å². The van der Waals surface area contributed by atoms with Gasteiger partial charge in [-0.3, -0.25) is 0 Å². The molecular formula is C18H31NO3. The van der Waals surface area contributed by atoms with Gasteiger partial charge < -0.3 is 19.9 Å². The molecule has 0 aliphatic heterocycles. The summed E-state index contributed by atoms with van der Waals surface area (Å²) >= 11 is 0. The van der Waals surface area contributed by atoms with Gasteiger partial charge in [0.1, 0.15) is 5.75 Å². The van der Waals surface area contributed by atoms with Crippen molar-refractivity contribution in [3.05, 3.63) is 24.3 Å². The van der Waals surface area contributed by atoms with Gasteiger partial charge in [-0.1, -0.05) is 25.5 Å². The fraction of sp³-hybridized carbons (Fsp3) is 0.667. The molecule has 4 nitrogen and oxygen atoms in total. The minimum Gasteiger partial charge on any atom is -0.506 e. The molecule has 0 aromatic heterocycles. The first kappa shape index (κ1) is 18.8. The molecule has 0 bridgehead atoms. The molecule has 1 aromatic rings. The van der Waals surface area contributed by atoms with Crippen molar-refractivity contribution in [2.24, 2.45) is 0 Å². The maximum atomic E-state index is 9.83. The summed E-state index contributed by atoms with van der Waals surface area (Å²) in [5.74, 6) is 0.259. The van der Waals surface area contributed by atoms with Crippen molar-refractivity contribution in [1.82, 2.24) is 0 Å². The van der Waals surface area contributed by atoms with E-state index >= 15 is 0 Å². The van der Waals surface area contributed by atoms with Gasteiger partial charge in [0.15, 0.2) is 0 Å². The molecule has 1 atom stereocenters. The molecule has 0 heterocycles. The Bertz CT molecular complexity index is 457. The third-order valence-electron chi connectivity index (χ3n) is 4.46. The largest absolute Gasteiger partial charge is 0.506 e. The lowest BCUT2D eigenvalue weighted by molar-refractivity contribution is -0.185. The zero-order chi connectivity index (χ0) is 16.8. The van der Waals surface area contributed by atoms with Gasteiger partial charge in [0.25, 0.3) is 0 Å². The van der Waals surface area contributed by atoms with Crippen LogP contribution in [0.2, 0.25) is 0 Å². The predicted octanol–water partition coefficient (Wildman–Crippen LogP) is 4.19. The summed E-state index contributed by atoms with van der Waals surface area (Å²) in [7, 11) is 1.71. The summed E-state index contributed by atoms with van der Waals surface area (Å²) in [5.41, 5.74) is -0.0633. The number of benzene rings is 1. The van der Waals surface area contributed by atoms with E-state index in [4.69, 9.17) is 9.47 Å². The van der Waals surface area contributed by atoms with E-state index in [0.717, 1.165) is 18.5 Å². The zero-order valence-electron chi connectivity index (χ0n) is 14.8. The van der Waals surface area contributed by atoms with Crippen LogP contribution in [-0.4, -0.2) is 36.1 Å². The van der Waals surface area contributed by atoms with Crippen molar-refractivity contribution in [1.29, 1.82) is 0 Å². The number of anilines is 1. The first-order chi connectivity index (χ1) is 10.2. The third-order valence-corrected chi connectivity index (χ3v) is 4.46. The summed E-state index contributed by atoms with van der Waals surface area (Å²) in [6.45, 7) is 11.0. The third kappa shape index (κ3) is 4.89. The van der Waals surface area contributed by atoms with Crippen LogP contribution < -0.4 is 5.32 Å². The van der Waals surface area contributed by atoms with E-state index in [1.54, 1.807) is 13.2 Å². The topological polar surface area (TPSA) is 50.7 Å². The van der Waals surface area contributed by atoms with E-state index in [1.165, 1.54) is 0 Å². The molecule has 0 aliphatic rings. The summed E-state index contributed by atoms with van der Waals surface area (Å²) < 4.78 is 11.9. The molecule has 22 heavy (non-hydrogen) atoms. The van der Waals surface area contributed by atoms with Crippen molar-refractivity contribution >= 4 is 5.69 Å². The number of phenols is 1. The molecule has 1 unspecified atom stereocenters. The lowest BCUT2D eigenvalue weighted by Crippen LogP contribution is -2.51. The quantitative estimate of drug-likeness (QED) is 0.671. The van der Waals surface area contributed by atoms with Gasteiger partial charge in [0, 0.05) is 13.7 Å². The van der Waals surface area contributed by atoms with E-state index in [-0.39, 0.29) is 17.5 Å². The molecule has 4 heteroatoms. The van der Waals surface area contributed by atoms with E-state index in [1.807, 2.05) is 32.0 Å². The highest BCUT2D eigenvalue weighted by molar-refractivity contribution is 5.55. The van der Waals surface area contributed by atoms with Crippen molar-refractivity contribution in [3.63, 3.8) is 0 Å². The predicted molar refractivity (Wildman–Crippen MR) is 91.5 cm³/mol. The van der Waals surface area contributed by atoms with Gasteiger partial charge in [-0.15, -0.1) is 0 Å². The maximum Gasteiger partial charge on any atom is 0.138 e. The number of phenolic OH excluding ortho intramolecular Hbond substituents is 1. The van der Waals surface area contributed by atoms with Gasteiger partial charge >= 0.3 is 0 Å². The average Bonchev–Trinajstić information content (AvgIpc) is 2.46. The lowest BCUT2D eigenvalue weighted by atomic mass is 9.88. The molecule has 0 radical (unpaired) electrons. The van der Waals surface area contributed by atoms with Crippen LogP contribution in [0.1, 0.15) is 47.5 Å². The molecule has 0 saturated carbocycles. The van der Waals surface area contributed by atoms with E-state index < -0.39 is 5.60 Å². The van der Waals surface area contributed by atoms with Crippen molar-refractivity contribution in [2.45, 2.75) is 64.8 Å². The Kier molecular flexibility index (Phi) is 6.69. The smallest absolute Gasteiger partial charge is 0.138 e. The number of ether oxygens (including phenoxy) is 2. The fourth-order valence-electron chi connectivity index (χ4n) is 2.18. The highest BCUT2D eigenvalue weighted by Crippen LogP contribution is 2.31. The van der Waals surface area contributed by atoms with Crippen LogP contribution in [0.4, 0.5) is 5.69 Å². The number of hydrogen-bond donors (Lipinski definition) is 2. The Morgan fingerprint density at radius 2 is 1.77 bits per heavy atom. The Morgan fingerprint density at radius 3 is 2.32 bits per heavy atom. The SMILES string of the molecule is CCCC(CNc1ccccc1O)OC(C)(C)C(C)(C)OC. The van der Waals surface area contributed by atoms with Gasteiger partial charge in [0.05, 0.1) is 23.0 Å². The van der Waals surface area contributed by atoms with Gasteiger partial charge in [-0.05, 0) is 46.2 Å². The molecule has 1 rings (SSSR count). The highest BCUT2D eigenvalue weighted by Gasteiger charge is 2.39. The van der Waals surface area contributed by atoms with Crippen LogP contribution in [0.25, 0.3) is 0 Å². The molecule has 0 amide bonds. The summed E-state index contributed by atoms with van der Waals surface area (Å²) in [6, 6.07) is 7.25. The van der Waals surface area contributed by atoms with Gasteiger partial charge in [0.2, 0.25) is 0 Å². The first-order valence-corrected chi connectivity index (χ1v) is 7.98. The van der Waals surface area contributed by atoms with Gasteiger partial charge in [-0.25, -0.2) is 0 Å². The second kappa shape index (κ2) is 7.84. The highest BCUT2D eigenvalue weighted by atomic mass is 16.6. The van der Waals surface area contributed by atoms with E-state index in [0.29, 0.717) is 6.54 Å². The standard InChI is InChI=1S/C18H31NO3/c1-7-10-14(22-18(4,5)17(2,3)21-6)13-19-15-11-8-9-12-16(15)20/h8-9,11-12,14,19-20H,7,10,13H2,1-6H3. The molecule has 0 saturated heterocycles. The van der Waals surface area contributed by atoms with Crippen LogP contribution in [-0.2, 0) is 9.47 Å². The van der Waals surface area contributed by atoms with Crippen LogP contribution in [0, 0.1) is 0 Å². The zero-order valence-corrected chi connectivity index (χ0v) is 14.8. The van der Waals surface area contributed by atoms with Crippen LogP contribution >= 0.6 is 0 Å². The minimum atomic E-state index is -0.415. The number of hydrogen-bond acceptors (Lipinski definition) is 4. The van der Waals surface area contributed by atoms with Crippen molar-refractivity contribution < 1.29 is 14.6 Å². The molecule has 1 aromatic carbocycles. The van der Waals surface area contributed by atoms with Crippen molar-refractivity contribution in [3.8, 4) is 5.75 Å². The average molecular weight is 309 g/mol. The van der Waals surface area contributed by atoms with Crippen LogP contribution in [0.3, 0.4) is 0 Å². The molecule has 0 spiro atoms. The van der Waals surface area contributed by atoms with Crippen LogP contribution in [0.15, 0.2) is 24.3 Å². The second-order valence-corrected chi connectivity index (χ2v) is 6.65. The summed E-state index contributed by atoms with van der Waals surface area (Å²) in [5, 5.41) is 13.1. The number of rotatable bonds is 9. The second-order valence-electron chi connectivity index (χ2n) is 6.65. The summed E-state index contributed by atoms with van der Waals surface area (Å²) in [6.07, 6.45) is 2.04. The molecule has 0 fully saturated rings. The molecule has 126 valence electrons. The number of methoxy groups -OCH3 is 1. The van der Waals surface area contributed by atoms with Crippen molar-refractivity contribution in [2.75, 3.05) is 19.0 Å². The fourth-order valence-corrected chi connectivity index (χ4v) is 2.18. The monoisotopic (exact) mass is 309 g/mol. The van der Waals surface area contributed by atoms with Gasteiger partial charge in [-0.2, -0.15) is 0 Å². The number of aromatic hydroxyl groups is 1. The minimum absolute atomic E-state index is 0.0500. The molecule has 0 aliphatic carbocycles. The normalized spacial score (nSPS) is 13.9. The number of para-hydroxylation sites is 2. The Balaban J connectivity index is 2.72.